The summed E-state index contributed by atoms with van der Waals surface area (Å²) in [5.74, 6) is -5.53. The quantitative estimate of drug-likeness (QED) is 0.504. The molecule has 4 atom stereocenters. The van der Waals surface area contributed by atoms with Crippen molar-refractivity contribution in [1.82, 2.24) is 10.2 Å². The van der Waals surface area contributed by atoms with Crippen LogP contribution in [0.1, 0.15) is 25.3 Å². The van der Waals surface area contributed by atoms with Crippen LogP contribution in [0.2, 0.25) is 0 Å². The molecule has 0 radical (unpaired) electrons. The molecule has 3 heterocycles. The third-order valence-corrected chi connectivity index (χ3v) is 6.62. The summed E-state index contributed by atoms with van der Waals surface area (Å²) >= 11 is 2.52. The topological polar surface area (TPSA) is 127 Å². The fourth-order valence-corrected chi connectivity index (χ4v) is 5.53. The number of nitrogens with zero attached hydrogens (tertiary/aromatic N) is 1. The summed E-state index contributed by atoms with van der Waals surface area (Å²) in [6, 6.07) is -0.424. The Morgan fingerprint density at radius 1 is 1.40 bits per heavy atom. The fourth-order valence-electron chi connectivity index (χ4n) is 3.22. The van der Waals surface area contributed by atoms with E-state index in [1.165, 1.54) is 39.4 Å². The number of hydrogen-bond donors (Lipinski definition) is 2. The van der Waals surface area contributed by atoms with Crippen molar-refractivity contribution in [3.05, 3.63) is 22.4 Å². The number of nitrogens with one attached hydrogen (secondary N) is 1. The summed E-state index contributed by atoms with van der Waals surface area (Å²) in [5, 5.41) is 25.8. The van der Waals surface area contributed by atoms with Crippen molar-refractivity contribution in [1.29, 1.82) is 0 Å². The summed E-state index contributed by atoms with van der Waals surface area (Å²) in [6.07, 6.45) is 0. The maximum atomic E-state index is 12.4. The number of thioether (sulfide) groups is 1. The molecule has 25 heavy (non-hydrogen) atoms. The Bertz CT molecular complexity index is 747. The molecule has 0 spiro atoms. The predicted molar refractivity (Wildman–Crippen MR) is 87.7 cm³/mol. The summed E-state index contributed by atoms with van der Waals surface area (Å²) in [4.78, 5) is 48.7. The van der Waals surface area contributed by atoms with Crippen molar-refractivity contribution in [2.24, 2.45) is 0 Å². The predicted octanol–water partition coefficient (Wildman–Crippen LogP) is -0.787. The zero-order valence-electron chi connectivity index (χ0n) is 13.3. The monoisotopic (exact) mass is 383 g/mol. The maximum absolute atomic E-state index is 12.4. The Hall–Kier alpha value is -2.07. The molecule has 2 N–H and O–H groups in total. The third kappa shape index (κ3) is 2.78. The highest BCUT2D eigenvalue weighted by atomic mass is 32.2. The summed E-state index contributed by atoms with van der Waals surface area (Å²) < 4.78 is -0.716. The van der Waals surface area contributed by atoms with Crippen LogP contribution >= 0.6 is 23.1 Å². The van der Waals surface area contributed by atoms with Gasteiger partial charge in [0.15, 0.2) is 0 Å². The molecular weight excluding hydrogens is 368 g/mol. The van der Waals surface area contributed by atoms with Gasteiger partial charge in [-0.3, -0.25) is 9.59 Å². The molecule has 8 nitrogen and oxygen atoms in total. The smallest absolute Gasteiger partial charge is 0.327 e. The van der Waals surface area contributed by atoms with Crippen LogP contribution in [0.3, 0.4) is 0 Å². The van der Waals surface area contributed by atoms with E-state index in [-0.39, 0.29) is 5.56 Å². The molecule has 1 aromatic heterocycles. The number of β-lactam (4-membered cyclic amide) rings is 1. The van der Waals surface area contributed by atoms with Gasteiger partial charge in [0.1, 0.15) is 23.4 Å². The molecule has 2 aliphatic rings. The number of carbonyl (C=O) groups is 4. The SMILES string of the molecule is CC1(C)SC2C(NC(=O)C(C(=O)[O-])c3ccsc3)C(=O)N2C1C(=O)O. The molecule has 10 heteroatoms. The van der Waals surface area contributed by atoms with E-state index in [9.17, 15) is 29.4 Å². The number of carbonyl (C=O) groups excluding carboxylic acids is 3. The third-order valence-electron chi connectivity index (χ3n) is 4.35. The normalized spacial score (nSPS) is 28.0. The molecule has 2 aliphatic heterocycles. The zero-order chi connectivity index (χ0) is 18.5. The minimum Gasteiger partial charge on any atom is -0.549 e. The molecular formula is C15H15N2O6S2-. The lowest BCUT2D eigenvalue weighted by molar-refractivity contribution is -0.306. The Morgan fingerprint density at radius 2 is 2.08 bits per heavy atom. The van der Waals surface area contributed by atoms with E-state index in [1.54, 1.807) is 19.2 Å². The Balaban J connectivity index is 1.77. The standard InChI is InChI=1S/C15H16N2O6S2/c1-15(2)9(14(22)23)17-11(19)8(12(17)25-15)16-10(18)7(13(20)21)6-3-4-24-5-6/h3-5,7-9,12H,1-2H3,(H,16,18)(H,20,21)(H,22,23)/p-1. The first kappa shape index (κ1) is 17.7. The molecule has 0 saturated carbocycles. The molecule has 134 valence electrons. The molecule has 0 aromatic carbocycles. The van der Waals surface area contributed by atoms with Gasteiger partial charge in [0.25, 0.3) is 0 Å². The van der Waals surface area contributed by atoms with E-state index in [0.29, 0.717) is 0 Å². The highest BCUT2D eigenvalue weighted by Gasteiger charge is 2.64. The van der Waals surface area contributed by atoms with Crippen LogP contribution in [0.5, 0.6) is 0 Å². The second kappa shape index (κ2) is 6.03. The Kier molecular flexibility index (Phi) is 4.28. The number of rotatable bonds is 5. The number of hydrogen-bond acceptors (Lipinski definition) is 7. The van der Waals surface area contributed by atoms with Crippen molar-refractivity contribution in [3.63, 3.8) is 0 Å². The molecule has 4 unspecified atom stereocenters. The number of carboxylic acids is 2. The van der Waals surface area contributed by atoms with E-state index >= 15 is 0 Å². The van der Waals surface area contributed by atoms with Crippen molar-refractivity contribution >= 4 is 46.9 Å². The van der Waals surface area contributed by atoms with Crippen molar-refractivity contribution < 1.29 is 29.4 Å². The van der Waals surface area contributed by atoms with Gasteiger partial charge in [-0.25, -0.2) is 4.79 Å². The van der Waals surface area contributed by atoms with Gasteiger partial charge in [0.2, 0.25) is 11.8 Å². The molecule has 1 aromatic rings. The largest absolute Gasteiger partial charge is 0.549 e. The second-order valence-corrected chi connectivity index (χ2v) is 8.94. The van der Waals surface area contributed by atoms with E-state index in [2.05, 4.69) is 5.32 Å². The van der Waals surface area contributed by atoms with Crippen LogP contribution in [0.4, 0.5) is 0 Å². The molecule has 0 aliphatic carbocycles. The Labute approximate surface area is 151 Å². The van der Waals surface area contributed by atoms with Gasteiger partial charge in [-0.05, 0) is 36.2 Å². The van der Waals surface area contributed by atoms with Crippen LogP contribution in [-0.4, -0.2) is 56.0 Å². The minimum absolute atomic E-state index is 0.286. The number of thiophene rings is 1. The first-order valence-electron chi connectivity index (χ1n) is 7.41. The number of amides is 2. The number of carboxylic acid groups (broad SMARTS) is 2. The molecule has 2 saturated heterocycles. The van der Waals surface area contributed by atoms with Gasteiger partial charge < -0.3 is 25.2 Å². The number of aliphatic carboxylic acids is 2. The lowest BCUT2D eigenvalue weighted by Gasteiger charge is -2.44. The first-order chi connectivity index (χ1) is 11.6. The van der Waals surface area contributed by atoms with Gasteiger partial charge >= 0.3 is 5.97 Å². The lowest BCUT2D eigenvalue weighted by Crippen LogP contribution is -2.71. The van der Waals surface area contributed by atoms with Gasteiger partial charge in [0, 0.05) is 4.75 Å². The summed E-state index contributed by atoms with van der Waals surface area (Å²) in [5.41, 5.74) is 0.286. The lowest BCUT2D eigenvalue weighted by atomic mass is 9.95. The summed E-state index contributed by atoms with van der Waals surface area (Å²) in [7, 11) is 0. The van der Waals surface area contributed by atoms with Gasteiger partial charge in [-0.15, -0.1) is 11.8 Å². The van der Waals surface area contributed by atoms with E-state index in [4.69, 9.17) is 0 Å². The molecule has 2 amide bonds. The second-order valence-electron chi connectivity index (χ2n) is 6.39. The molecule has 0 bridgehead atoms. The van der Waals surface area contributed by atoms with Gasteiger partial charge in [-0.1, -0.05) is 0 Å². The fraction of sp³-hybridized carbons (Fsp3) is 0.467. The highest BCUT2D eigenvalue weighted by molar-refractivity contribution is 8.01. The van der Waals surface area contributed by atoms with Gasteiger partial charge in [-0.2, -0.15) is 11.3 Å². The highest BCUT2D eigenvalue weighted by Crippen LogP contribution is 2.50. The van der Waals surface area contributed by atoms with E-state index < -0.39 is 51.9 Å². The number of fused-ring (bicyclic) bond motifs is 1. The average Bonchev–Trinajstić information content (AvgIpc) is 3.09. The van der Waals surface area contributed by atoms with E-state index in [1.807, 2.05) is 0 Å². The minimum atomic E-state index is -1.55. The van der Waals surface area contributed by atoms with Crippen LogP contribution in [0.15, 0.2) is 16.8 Å². The average molecular weight is 383 g/mol. The Morgan fingerprint density at radius 3 is 2.60 bits per heavy atom. The van der Waals surface area contributed by atoms with Crippen LogP contribution < -0.4 is 10.4 Å². The zero-order valence-corrected chi connectivity index (χ0v) is 14.9. The van der Waals surface area contributed by atoms with Gasteiger partial charge in [0.05, 0.1) is 5.97 Å². The van der Waals surface area contributed by atoms with E-state index in [0.717, 1.165) is 0 Å². The van der Waals surface area contributed by atoms with Crippen LogP contribution in [0.25, 0.3) is 0 Å². The maximum Gasteiger partial charge on any atom is 0.327 e. The van der Waals surface area contributed by atoms with Crippen molar-refractivity contribution in [3.8, 4) is 0 Å². The van der Waals surface area contributed by atoms with Crippen molar-refractivity contribution in [2.75, 3.05) is 0 Å². The summed E-state index contributed by atoms with van der Waals surface area (Å²) in [6.45, 7) is 3.44. The molecule has 3 rings (SSSR count). The first-order valence-corrected chi connectivity index (χ1v) is 9.23. The van der Waals surface area contributed by atoms with Crippen molar-refractivity contribution in [2.45, 2.75) is 42.0 Å². The van der Waals surface area contributed by atoms with Crippen LogP contribution in [-0.2, 0) is 19.2 Å². The molecule has 2 fully saturated rings. The van der Waals surface area contributed by atoms with Crippen LogP contribution in [0, 0.1) is 0 Å².